The molecule has 0 spiro atoms. The normalized spacial score (nSPS) is 20.1. The predicted molar refractivity (Wildman–Crippen MR) is 75.9 cm³/mol. The van der Waals surface area contributed by atoms with Crippen LogP contribution in [-0.4, -0.2) is 46.2 Å². The van der Waals surface area contributed by atoms with Crippen molar-refractivity contribution in [1.29, 1.82) is 0 Å². The molecule has 17 heavy (non-hydrogen) atoms. The molecule has 1 aromatic heterocycles. The van der Waals surface area contributed by atoms with Gasteiger partial charge in [-0.2, -0.15) is 11.8 Å². The third-order valence-electron chi connectivity index (χ3n) is 2.91. The molecule has 1 aliphatic rings. The first-order chi connectivity index (χ1) is 8.29. The Morgan fingerprint density at radius 2 is 2.35 bits per heavy atom. The van der Waals surface area contributed by atoms with Gasteiger partial charge in [0.1, 0.15) is 5.01 Å². The molecule has 0 radical (unpaired) electrons. The van der Waals surface area contributed by atoms with E-state index in [1.54, 1.807) is 11.3 Å². The smallest absolute Gasteiger partial charge is 0.205 e. The van der Waals surface area contributed by atoms with E-state index in [1.165, 1.54) is 17.9 Å². The van der Waals surface area contributed by atoms with Crippen LogP contribution in [0.1, 0.15) is 24.8 Å². The second-order valence-corrected chi connectivity index (χ2v) is 6.57. The summed E-state index contributed by atoms with van der Waals surface area (Å²) in [5.41, 5.74) is 0. The lowest BCUT2D eigenvalue weighted by atomic mass is 10.2. The largest absolute Gasteiger partial charge is 0.360 e. The van der Waals surface area contributed by atoms with Crippen molar-refractivity contribution in [3.8, 4) is 0 Å². The molecule has 1 saturated heterocycles. The maximum Gasteiger partial charge on any atom is 0.205 e. The Morgan fingerprint density at radius 3 is 3.06 bits per heavy atom. The standard InChI is InChI=1S/C11H20N4S2/c1-3-5-12-11-14-13-10(17-11)7-15(2)9-4-6-16-8-9/h9H,3-8H2,1-2H3,(H,12,14). The minimum Gasteiger partial charge on any atom is -0.360 e. The monoisotopic (exact) mass is 272 g/mol. The topological polar surface area (TPSA) is 41.1 Å². The summed E-state index contributed by atoms with van der Waals surface area (Å²) in [5.74, 6) is 2.56. The van der Waals surface area contributed by atoms with Crippen LogP contribution in [0.25, 0.3) is 0 Å². The summed E-state index contributed by atoms with van der Waals surface area (Å²) in [4.78, 5) is 2.41. The maximum atomic E-state index is 4.24. The summed E-state index contributed by atoms with van der Waals surface area (Å²) in [5, 5.41) is 13.7. The van der Waals surface area contributed by atoms with Crippen molar-refractivity contribution < 1.29 is 0 Å². The molecular formula is C11H20N4S2. The molecule has 2 rings (SSSR count). The lowest BCUT2D eigenvalue weighted by molar-refractivity contribution is 0.253. The fourth-order valence-corrected chi connectivity index (χ4v) is 3.96. The van der Waals surface area contributed by atoms with E-state index in [0.29, 0.717) is 0 Å². The highest BCUT2D eigenvalue weighted by atomic mass is 32.2. The molecule has 0 aromatic carbocycles. The van der Waals surface area contributed by atoms with Crippen molar-refractivity contribution in [3.63, 3.8) is 0 Å². The van der Waals surface area contributed by atoms with Gasteiger partial charge in [0.05, 0.1) is 6.54 Å². The zero-order valence-corrected chi connectivity index (χ0v) is 12.1. The highest BCUT2D eigenvalue weighted by Gasteiger charge is 2.20. The van der Waals surface area contributed by atoms with E-state index < -0.39 is 0 Å². The van der Waals surface area contributed by atoms with E-state index in [0.717, 1.165) is 35.7 Å². The van der Waals surface area contributed by atoms with Gasteiger partial charge in [-0.25, -0.2) is 0 Å². The molecule has 96 valence electrons. The molecule has 1 unspecified atom stereocenters. The molecule has 1 aromatic rings. The van der Waals surface area contributed by atoms with Crippen LogP contribution < -0.4 is 5.32 Å². The summed E-state index contributed by atoms with van der Waals surface area (Å²) < 4.78 is 0. The first-order valence-corrected chi connectivity index (χ1v) is 8.11. The summed E-state index contributed by atoms with van der Waals surface area (Å²) in [6.45, 7) is 4.06. The van der Waals surface area contributed by atoms with Crippen LogP contribution in [0.15, 0.2) is 0 Å². The Bertz CT molecular complexity index is 336. The third-order valence-corrected chi connectivity index (χ3v) is 4.92. The van der Waals surface area contributed by atoms with Gasteiger partial charge in [0.15, 0.2) is 0 Å². The molecule has 4 nitrogen and oxygen atoms in total. The van der Waals surface area contributed by atoms with E-state index in [-0.39, 0.29) is 0 Å². The van der Waals surface area contributed by atoms with Gasteiger partial charge in [0.25, 0.3) is 0 Å². The maximum absolute atomic E-state index is 4.24. The first kappa shape index (κ1) is 13.1. The van der Waals surface area contributed by atoms with Crippen LogP contribution in [0.3, 0.4) is 0 Å². The lowest BCUT2D eigenvalue weighted by Crippen LogP contribution is -2.30. The van der Waals surface area contributed by atoms with E-state index >= 15 is 0 Å². The molecule has 1 N–H and O–H groups in total. The van der Waals surface area contributed by atoms with Crippen molar-refractivity contribution in [2.75, 3.05) is 30.4 Å². The predicted octanol–water partition coefficient (Wildman–Crippen LogP) is 2.30. The molecule has 0 bridgehead atoms. The quantitative estimate of drug-likeness (QED) is 0.860. The van der Waals surface area contributed by atoms with E-state index in [1.807, 2.05) is 0 Å². The number of anilines is 1. The van der Waals surface area contributed by atoms with Gasteiger partial charge in [-0.05, 0) is 25.6 Å². The van der Waals surface area contributed by atoms with Crippen molar-refractivity contribution in [1.82, 2.24) is 15.1 Å². The van der Waals surface area contributed by atoms with Crippen LogP contribution >= 0.6 is 23.1 Å². The number of hydrogen-bond acceptors (Lipinski definition) is 6. The molecule has 2 heterocycles. The van der Waals surface area contributed by atoms with Crippen LogP contribution in [0, 0.1) is 0 Å². The zero-order valence-electron chi connectivity index (χ0n) is 10.5. The minimum absolute atomic E-state index is 0.718. The van der Waals surface area contributed by atoms with Gasteiger partial charge in [-0.15, -0.1) is 10.2 Å². The van der Waals surface area contributed by atoms with Gasteiger partial charge >= 0.3 is 0 Å². The van der Waals surface area contributed by atoms with Gasteiger partial charge < -0.3 is 5.32 Å². The molecule has 1 aliphatic heterocycles. The molecule has 0 amide bonds. The minimum atomic E-state index is 0.718. The zero-order chi connectivity index (χ0) is 12.1. The Balaban J connectivity index is 1.83. The molecule has 6 heteroatoms. The molecule has 0 aliphatic carbocycles. The molecule has 0 saturated carbocycles. The van der Waals surface area contributed by atoms with Crippen molar-refractivity contribution >= 4 is 28.2 Å². The Labute approximate surface area is 111 Å². The van der Waals surface area contributed by atoms with E-state index in [9.17, 15) is 0 Å². The van der Waals surface area contributed by atoms with Gasteiger partial charge in [-0.3, -0.25) is 4.90 Å². The van der Waals surface area contributed by atoms with Crippen LogP contribution in [0.2, 0.25) is 0 Å². The summed E-state index contributed by atoms with van der Waals surface area (Å²) in [6.07, 6.45) is 2.43. The number of nitrogens with one attached hydrogen (secondary N) is 1. The SMILES string of the molecule is CCCNc1nnc(CN(C)C2CCSC2)s1. The highest BCUT2D eigenvalue weighted by molar-refractivity contribution is 7.99. The van der Waals surface area contributed by atoms with Crippen LogP contribution in [0.4, 0.5) is 5.13 Å². The number of hydrogen-bond donors (Lipinski definition) is 1. The lowest BCUT2D eigenvalue weighted by Gasteiger charge is -2.21. The van der Waals surface area contributed by atoms with Crippen LogP contribution in [0.5, 0.6) is 0 Å². The first-order valence-electron chi connectivity index (χ1n) is 6.14. The molecular weight excluding hydrogens is 252 g/mol. The van der Waals surface area contributed by atoms with Crippen LogP contribution in [-0.2, 0) is 6.54 Å². The summed E-state index contributed by atoms with van der Waals surface area (Å²) in [6, 6.07) is 0.718. The highest BCUT2D eigenvalue weighted by Crippen LogP contribution is 2.24. The van der Waals surface area contributed by atoms with Crippen molar-refractivity contribution in [3.05, 3.63) is 5.01 Å². The average molecular weight is 272 g/mol. The second-order valence-electron chi connectivity index (χ2n) is 4.36. The van der Waals surface area contributed by atoms with E-state index in [4.69, 9.17) is 0 Å². The summed E-state index contributed by atoms with van der Waals surface area (Å²) >= 11 is 3.73. The average Bonchev–Trinajstić information content (AvgIpc) is 2.97. The molecule has 1 fully saturated rings. The van der Waals surface area contributed by atoms with Gasteiger partial charge in [0.2, 0.25) is 5.13 Å². The number of thioether (sulfide) groups is 1. The number of nitrogens with zero attached hydrogens (tertiary/aromatic N) is 3. The second kappa shape index (κ2) is 6.56. The Kier molecular flexibility index (Phi) is 5.06. The Morgan fingerprint density at radius 1 is 1.47 bits per heavy atom. The van der Waals surface area contributed by atoms with E-state index in [2.05, 4.69) is 46.1 Å². The fraction of sp³-hybridized carbons (Fsp3) is 0.818. The molecule has 1 atom stereocenters. The summed E-state index contributed by atoms with van der Waals surface area (Å²) in [7, 11) is 2.19. The van der Waals surface area contributed by atoms with Gasteiger partial charge in [0, 0.05) is 18.3 Å². The van der Waals surface area contributed by atoms with Crippen molar-refractivity contribution in [2.45, 2.75) is 32.4 Å². The Hall–Kier alpha value is -0.330. The number of aromatic nitrogens is 2. The third kappa shape index (κ3) is 3.82. The number of rotatable bonds is 6. The van der Waals surface area contributed by atoms with Gasteiger partial charge in [-0.1, -0.05) is 18.3 Å². The fourth-order valence-electron chi connectivity index (χ4n) is 1.83. The van der Waals surface area contributed by atoms with Crippen molar-refractivity contribution in [2.24, 2.45) is 0 Å².